The fraction of sp³-hybridized carbons (Fsp3) is 1.00. The summed E-state index contributed by atoms with van der Waals surface area (Å²) in [6.45, 7) is 19.0. The van der Waals surface area contributed by atoms with Crippen molar-refractivity contribution in [1.82, 2.24) is 0 Å². The van der Waals surface area contributed by atoms with Crippen molar-refractivity contribution in [2.24, 2.45) is 11.3 Å². The van der Waals surface area contributed by atoms with Crippen molar-refractivity contribution < 1.29 is 0 Å². The Kier molecular flexibility index (Phi) is 17.3. The molecule has 1 saturated carbocycles. The zero-order valence-corrected chi connectivity index (χ0v) is 11.5. The Morgan fingerprint density at radius 1 is 1.00 bits per heavy atom. The molecule has 13 heavy (non-hydrogen) atoms. The van der Waals surface area contributed by atoms with Gasteiger partial charge in [-0.2, -0.15) is 0 Å². The van der Waals surface area contributed by atoms with Crippen molar-refractivity contribution in [3.05, 3.63) is 0 Å². The fourth-order valence-corrected chi connectivity index (χ4v) is 1.13. The van der Waals surface area contributed by atoms with Crippen LogP contribution in [0.5, 0.6) is 0 Å². The maximum Gasteiger partial charge on any atom is -0.0300 e. The molecule has 0 bridgehead atoms. The van der Waals surface area contributed by atoms with Crippen molar-refractivity contribution in [1.29, 1.82) is 0 Å². The molecule has 0 spiro atoms. The van der Waals surface area contributed by atoms with Crippen LogP contribution in [0, 0.1) is 11.3 Å². The van der Waals surface area contributed by atoms with Gasteiger partial charge in [0.1, 0.15) is 0 Å². The summed E-state index contributed by atoms with van der Waals surface area (Å²) in [7, 11) is 0. The monoisotopic (exact) mass is 188 g/mol. The van der Waals surface area contributed by atoms with Gasteiger partial charge in [-0.3, -0.25) is 0 Å². The Labute approximate surface area is 87.1 Å². The van der Waals surface area contributed by atoms with Crippen molar-refractivity contribution in [3.63, 3.8) is 0 Å². The van der Waals surface area contributed by atoms with Crippen LogP contribution in [0.3, 0.4) is 0 Å². The highest BCUT2D eigenvalue weighted by atomic mass is 14.5. The molecule has 0 aromatic carbocycles. The molecule has 2 unspecified atom stereocenters. The molecule has 0 heteroatoms. The van der Waals surface area contributed by atoms with Gasteiger partial charge in [0.05, 0.1) is 0 Å². The first-order chi connectivity index (χ1) is 6.19. The molecule has 1 rings (SSSR count). The van der Waals surface area contributed by atoms with Gasteiger partial charge in [0.25, 0.3) is 0 Å². The smallest absolute Gasteiger partial charge is 0.0300 e. The predicted octanol–water partition coefficient (Wildman–Crippen LogP) is 5.52. The van der Waals surface area contributed by atoms with Crippen molar-refractivity contribution in [2.45, 2.75) is 75.2 Å². The number of rotatable bonds is 1. The van der Waals surface area contributed by atoms with Crippen LogP contribution in [-0.2, 0) is 0 Å². The van der Waals surface area contributed by atoms with Crippen LogP contribution in [-0.4, -0.2) is 0 Å². The van der Waals surface area contributed by atoms with Gasteiger partial charge in [-0.15, -0.1) is 0 Å². The van der Waals surface area contributed by atoms with E-state index in [0.29, 0.717) is 0 Å². The molecule has 0 amide bonds. The summed E-state index contributed by atoms with van der Waals surface area (Å²) in [5.74, 6) is 1.01. The first-order valence-electron chi connectivity index (χ1n) is 6.19. The average molecular weight is 188 g/mol. The molecule has 1 fully saturated rings. The summed E-state index contributed by atoms with van der Waals surface area (Å²) in [6.07, 6.45) is 2.83. The molecule has 0 nitrogen and oxygen atoms in total. The maximum absolute atomic E-state index is 2.37. The molecular formula is C13H32. The van der Waals surface area contributed by atoms with E-state index in [9.17, 15) is 0 Å². The fourth-order valence-electron chi connectivity index (χ4n) is 1.13. The van der Waals surface area contributed by atoms with Gasteiger partial charge in [-0.1, -0.05) is 68.7 Å². The van der Waals surface area contributed by atoms with E-state index in [1.165, 1.54) is 12.8 Å². The van der Waals surface area contributed by atoms with Crippen LogP contribution in [0.1, 0.15) is 75.2 Å². The molecule has 0 aliphatic heterocycles. The van der Waals surface area contributed by atoms with Crippen LogP contribution in [0.15, 0.2) is 0 Å². The van der Waals surface area contributed by atoms with E-state index in [2.05, 4.69) is 20.8 Å². The zero-order valence-electron chi connectivity index (χ0n) is 11.5. The molecule has 1 aliphatic carbocycles. The molecule has 0 N–H and O–H groups in total. The normalized spacial score (nSPS) is 27.9. The second kappa shape index (κ2) is 12.0. The number of hydrogen-bond donors (Lipinski definition) is 0. The Balaban J connectivity index is -0.000000144. The van der Waals surface area contributed by atoms with Gasteiger partial charge in [0, 0.05) is 0 Å². The van der Waals surface area contributed by atoms with Gasteiger partial charge in [-0.25, -0.2) is 0 Å². The molecular weight excluding hydrogens is 156 g/mol. The summed E-state index contributed by atoms with van der Waals surface area (Å²) in [5, 5.41) is 0. The predicted molar refractivity (Wildman–Crippen MR) is 66.2 cm³/mol. The minimum Gasteiger partial charge on any atom is -0.0683 e. The molecule has 84 valence electrons. The SMILES string of the molecule is CC.CC.CC.CCC1(C)CC1C. The minimum atomic E-state index is 0.750. The Morgan fingerprint density at radius 2 is 1.23 bits per heavy atom. The molecule has 0 aromatic rings. The Morgan fingerprint density at radius 3 is 1.23 bits per heavy atom. The van der Waals surface area contributed by atoms with Crippen LogP contribution in [0.4, 0.5) is 0 Å². The second-order valence-electron chi connectivity index (χ2n) is 3.11. The summed E-state index contributed by atoms with van der Waals surface area (Å²) in [4.78, 5) is 0. The first-order valence-corrected chi connectivity index (χ1v) is 6.19. The molecule has 1 aliphatic rings. The first kappa shape index (κ1) is 18.7. The van der Waals surface area contributed by atoms with Crippen molar-refractivity contribution in [3.8, 4) is 0 Å². The third kappa shape index (κ3) is 8.33. The van der Waals surface area contributed by atoms with Crippen LogP contribution >= 0.6 is 0 Å². The van der Waals surface area contributed by atoms with Crippen LogP contribution < -0.4 is 0 Å². The Bertz CT molecular complexity index is 72.1. The molecule has 0 radical (unpaired) electrons. The van der Waals surface area contributed by atoms with E-state index >= 15 is 0 Å². The van der Waals surface area contributed by atoms with Gasteiger partial charge < -0.3 is 0 Å². The highest BCUT2D eigenvalue weighted by Gasteiger charge is 2.44. The summed E-state index contributed by atoms with van der Waals surface area (Å²) >= 11 is 0. The lowest BCUT2D eigenvalue weighted by molar-refractivity contribution is 0.502. The summed E-state index contributed by atoms with van der Waals surface area (Å²) in [6, 6.07) is 0. The largest absolute Gasteiger partial charge is 0.0683 e. The van der Waals surface area contributed by atoms with Crippen molar-refractivity contribution >= 4 is 0 Å². The molecule has 0 saturated heterocycles. The van der Waals surface area contributed by atoms with E-state index in [0.717, 1.165) is 11.3 Å². The van der Waals surface area contributed by atoms with E-state index in [1.54, 1.807) is 0 Å². The molecule has 0 aromatic heterocycles. The topological polar surface area (TPSA) is 0 Å². The lowest BCUT2D eigenvalue weighted by atomic mass is 10.0. The highest BCUT2D eigenvalue weighted by Crippen LogP contribution is 2.53. The quantitative estimate of drug-likeness (QED) is 0.508. The van der Waals surface area contributed by atoms with E-state index in [1.807, 2.05) is 41.5 Å². The summed E-state index contributed by atoms with van der Waals surface area (Å²) < 4.78 is 0. The van der Waals surface area contributed by atoms with E-state index < -0.39 is 0 Å². The van der Waals surface area contributed by atoms with Crippen LogP contribution in [0.2, 0.25) is 0 Å². The third-order valence-electron chi connectivity index (χ3n) is 2.61. The number of hydrogen-bond acceptors (Lipinski definition) is 0. The van der Waals surface area contributed by atoms with Gasteiger partial charge >= 0.3 is 0 Å². The van der Waals surface area contributed by atoms with Crippen LogP contribution in [0.25, 0.3) is 0 Å². The van der Waals surface area contributed by atoms with Crippen molar-refractivity contribution in [2.75, 3.05) is 0 Å². The second-order valence-corrected chi connectivity index (χ2v) is 3.11. The van der Waals surface area contributed by atoms with Gasteiger partial charge in [-0.05, 0) is 17.8 Å². The third-order valence-corrected chi connectivity index (χ3v) is 2.61. The highest BCUT2D eigenvalue weighted by molar-refractivity contribution is 4.94. The minimum absolute atomic E-state index is 0.750. The van der Waals surface area contributed by atoms with Gasteiger partial charge in [0.2, 0.25) is 0 Å². The lowest BCUT2D eigenvalue weighted by Gasteiger charge is -2.00. The van der Waals surface area contributed by atoms with E-state index in [4.69, 9.17) is 0 Å². The zero-order chi connectivity index (χ0) is 11.5. The van der Waals surface area contributed by atoms with E-state index in [-0.39, 0.29) is 0 Å². The molecule has 0 heterocycles. The standard InChI is InChI=1S/C7H14.3C2H6/c1-4-7(3)5-6(7)2;3*1-2/h6H,4-5H2,1-3H3;3*1-2H3. The lowest BCUT2D eigenvalue weighted by Crippen LogP contribution is -1.90. The maximum atomic E-state index is 2.37. The van der Waals surface area contributed by atoms with Gasteiger partial charge in [0.15, 0.2) is 0 Å². The summed E-state index contributed by atoms with van der Waals surface area (Å²) in [5.41, 5.74) is 0.750. The average Bonchev–Trinajstić information content (AvgIpc) is 2.85. The Hall–Kier alpha value is 0. The molecule has 2 atom stereocenters.